The van der Waals surface area contributed by atoms with E-state index in [1.807, 2.05) is 0 Å². The number of phenols is 2. The summed E-state index contributed by atoms with van der Waals surface area (Å²) in [6.07, 6.45) is 0. The number of nitrogens with zero attached hydrogens (tertiary/aromatic N) is 1. The molecular formula is C10H10N4O3. The molecule has 0 bridgehead atoms. The molecule has 7 nitrogen and oxygen atoms in total. The number of aromatic hydroxyl groups is 2. The quantitative estimate of drug-likeness (QED) is 0.198. The molecule has 17 heavy (non-hydrogen) atoms. The van der Waals surface area contributed by atoms with Crippen LogP contribution in [0.25, 0.3) is 5.70 Å². The highest BCUT2D eigenvalue weighted by atomic mass is 16.3. The second-order valence-electron chi connectivity index (χ2n) is 3.20. The van der Waals surface area contributed by atoms with Crippen molar-refractivity contribution < 1.29 is 15.0 Å². The Kier molecular flexibility index (Phi) is 3.10. The molecule has 1 aromatic carbocycles. The number of benzene rings is 1. The first-order valence-corrected chi connectivity index (χ1v) is 4.40. The van der Waals surface area contributed by atoms with Gasteiger partial charge in [0.2, 0.25) is 0 Å². The van der Waals surface area contributed by atoms with E-state index in [0.29, 0.717) is 0 Å². The van der Waals surface area contributed by atoms with Gasteiger partial charge >= 0.3 is 0 Å². The van der Waals surface area contributed by atoms with Crippen molar-refractivity contribution in [1.82, 2.24) is 0 Å². The van der Waals surface area contributed by atoms with E-state index >= 15 is 0 Å². The molecular weight excluding hydrogens is 224 g/mol. The van der Waals surface area contributed by atoms with Gasteiger partial charge in [-0.1, -0.05) is 0 Å². The minimum atomic E-state index is -0.990. The second-order valence-corrected chi connectivity index (χ2v) is 3.20. The molecule has 8 N–H and O–H groups in total. The Bertz CT molecular complexity index is 534. The van der Waals surface area contributed by atoms with Crippen LogP contribution in [0.15, 0.2) is 17.7 Å². The van der Waals surface area contributed by atoms with E-state index in [-0.39, 0.29) is 16.9 Å². The zero-order valence-electron chi connectivity index (χ0n) is 8.64. The molecule has 0 aliphatic carbocycles. The summed E-state index contributed by atoms with van der Waals surface area (Å²) in [6, 6.07) is 3.83. The lowest BCUT2D eigenvalue weighted by atomic mass is 10.1. The molecule has 0 atom stereocenters. The largest absolute Gasteiger partial charge is 0.504 e. The standard InChI is InChI=1S/C10H10N4O3/c11-3-5(10(14)17)8(13)4-1-6(12)9(16)7(15)2-4/h1-2,15-16H,12-13H2,(H2,14,17)/b8-5-. The molecule has 0 spiro atoms. The molecule has 0 fully saturated rings. The minimum Gasteiger partial charge on any atom is -0.504 e. The fourth-order valence-corrected chi connectivity index (χ4v) is 1.19. The summed E-state index contributed by atoms with van der Waals surface area (Å²) in [5.74, 6) is -2.00. The normalized spacial score (nSPS) is 11.5. The fraction of sp³-hybridized carbons (Fsp3) is 0. The average Bonchev–Trinajstić information content (AvgIpc) is 2.25. The fourth-order valence-electron chi connectivity index (χ4n) is 1.19. The summed E-state index contributed by atoms with van der Waals surface area (Å²) in [5.41, 5.74) is 15.2. The predicted octanol–water partition coefficient (Wildman–Crippen LogP) is -0.641. The maximum atomic E-state index is 10.9. The van der Waals surface area contributed by atoms with Crippen molar-refractivity contribution in [2.75, 3.05) is 5.73 Å². The lowest BCUT2D eigenvalue weighted by molar-refractivity contribution is -0.114. The summed E-state index contributed by atoms with van der Waals surface area (Å²) in [7, 11) is 0. The number of anilines is 1. The number of amides is 1. The molecule has 7 heteroatoms. The Morgan fingerprint density at radius 3 is 2.29 bits per heavy atom. The number of carbonyl (C=O) groups excluding carboxylic acids is 1. The van der Waals surface area contributed by atoms with Crippen molar-refractivity contribution in [2.24, 2.45) is 11.5 Å². The van der Waals surface area contributed by atoms with Gasteiger partial charge in [0.1, 0.15) is 11.6 Å². The van der Waals surface area contributed by atoms with Gasteiger partial charge in [0.15, 0.2) is 11.5 Å². The van der Waals surface area contributed by atoms with Crippen molar-refractivity contribution >= 4 is 17.3 Å². The highest BCUT2D eigenvalue weighted by molar-refractivity contribution is 6.03. The van der Waals surface area contributed by atoms with Gasteiger partial charge in [-0.25, -0.2) is 0 Å². The maximum absolute atomic E-state index is 10.9. The number of nitrogens with two attached hydrogens (primary N) is 3. The Labute approximate surface area is 96.4 Å². The third-order valence-electron chi connectivity index (χ3n) is 2.06. The molecule has 1 amide bonds. The number of rotatable bonds is 2. The van der Waals surface area contributed by atoms with Crippen LogP contribution >= 0.6 is 0 Å². The van der Waals surface area contributed by atoms with Crippen LogP contribution in [-0.2, 0) is 4.79 Å². The van der Waals surface area contributed by atoms with Gasteiger partial charge in [0, 0.05) is 5.56 Å². The smallest absolute Gasteiger partial charge is 0.261 e. The van der Waals surface area contributed by atoms with Crippen LogP contribution in [0.2, 0.25) is 0 Å². The van der Waals surface area contributed by atoms with Gasteiger partial charge in [0.05, 0.1) is 11.4 Å². The number of hydrogen-bond acceptors (Lipinski definition) is 6. The Morgan fingerprint density at radius 2 is 1.88 bits per heavy atom. The van der Waals surface area contributed by atoms with Crippen LogP contribution in [0.5, 0.6) is 11.5 Å². The Hall–Kier alpha value is -2.88. The first kappa shape index (κ1) is 12.2. The zero-order chi connectivity index (χ0) is 13.2. The van der Waals surface area contributed by atoms with Crippen molar-refractivity contribution in [2.45, 2.75) is 0 Å². The van der Waals surface area contributed by atoms with Crippen LogP contribution in [-0.4, -0.2) is 16.1 Å². The van der Waals surface area contributed by atoms with E-state index in [1.165, 1.54) is 6.07 Å². The topological polar surface area (TPSA) is 159 Å². The highest BCUT2D eigenvalue weighted by Crippen LogP contribution is 2.34. The first-order chi connectivity index (χ1) is 7.88. The molecule has 0 aliphatic rings. The van der Waals surface area contributed by atoms with Crippen LogP contribution in [0, 0.1) is 11.3 Å². The van der Waals surface area contributed by atoms with Gasteiger partial charge in [-0.2, -0.15) is 5.26 Å². The van der Waals surface area contributed by atoms with Gasteiger partial charge in [-0.15, -0.1) is 0 Å². The van der Waals surface area contributed by atoms with Crippen molar-refractivity contribution in [3.63, 3.8) is 0 Å². The number of nitrogen functional groups attached to an aromatic ring is 1. The van der Waals surface area contributed by atoms with Crippen LogP contribution in [0.4, 0.5) is 5.69 Å². The van der Waals surface area contributed by atoms with E-state index < -0.39 is 23.0 Å². The van der Waals surface area contributed by atoms with E-state index in [1.54, 1.807) is 6.07 Å². The summed E-state index contributed by atoms with van der Waals surface area (Å²) in [5, 5.41) is 27.2. The molecule has 1 aromatic rings. The van der Waals surface area contributed by atoms with E-state index in [9.17, 15) is 15.0 Å². The monoisotopic (exact) mass is 234 g/mol. The van der Waals surface area contributed by atoms with Gasteiger partial charge < -0.3 is 27.4 Å². The second kappa shape index (κ2) is 4.32. The number of phenolic OH excluding ortho intramolecular Hbond substituents is 2. The van der Waals surface area contributed by atoms with E-state index in [0.717, 1.165) is 6.07 Å². The molecule has 88 valence electrons. The van der Waals surface area contributed by atoms with Crippen molar-refractivity contribution in [3.05, 3.63) is 23.3 Å². The van der Waals surface area contributed by atoms with E-state index in [2.05, 4.69) is 0 Å². The van der Waals surface area contributed by atoms with Gasteiger partial charge in [0.25, 0.3) is 5.91 Å². The number of primary amides is 1. The molecule has 0 saturated heterocycles. The third-order valence-corrected chi connectivity index (χ3v) is 2.06. The number of hydrogen-bond donors (Lipinski definition) is 5. The maximum Gasteiger partial charge on any atom is 0.261 e. The lowest BCUT2D eigenvalue weighted by Crippen LogP contribution is -2.17. The number of nitriles is 1. The van der Waals surface area contributed by atoms with Gasteiger partial charge in [-0.05, 0) is 12.1 Å². The molecule has 0 saturated carbocycles. The van der Waals surface area contributed by atoms with Crippen molar-refractivity contribution in [3.8, 4) is 17.6 Å². The van der Waals surface area contributed by atoms with Crippen LogP contribution in [0.3, 0.4) is 0 Å². The molecule has 0 aromatic heterocycles. The van der Waals surface area contributed by atoms with Crippen LogP contribution in [0.1, 0.15) is 5.56 Å². The average molecular weight is 234 g/mol. The summed E-state index contributed by atoms with van der Waals surface area (Å²) >= 11 is 0. The summed E-state index contributed by atoms with van der Waals surface area (Å²) in [6.45, 7) is 0. The Balaban J connectivity index is 3.46. The first-order valence-electron chi connectivity index (χ1n) is 4.40. The zero-order valence-corrected chi connectivity index (χ0v) is 8.64. The third kappa shape index (κ3) is 2.21. The SMILES string of the molecule is N#C/C(C(N)=O)=C(/N)c1cc(N)c(O)c(O)c1. The molecule has 0 radical (unpaired) electrons. The Morgan fingerprint density at radius 1 is 1.29 bits per heavy atom. The molecule has 0 heterocycles. The van der Waals surface area contributed by atoms with Gasteiger partial charge in [-0.3, -0.25) is 4.79 Å². The van der Waals surface area contributed by atoms with Crippen molar-refractivity contribution in [1.29, 1.82) is 5.26 Å². The summed E-state index contributed by atoms with van der Waals surface area (Å²) < 4.78 is 0. The highest BCUT2D eigenvalue weighted by Gasteiger charge is 2.14. The predicted molar refractivity (Wildman–Crippen MR) is 60.1 cm³/mol. The molecule has 1 rings (SSSR count). The summed E-state index contributed by atoms with van der Waals surface area (Å²) in [4.78, 5) is 10.9. The minimum absolute atomic E-state index is 0.119. The van der Waals surface area contributed by atoms with E-state index in [4.69, 9.17) is 22.5 Å². The van der Waals surface area contributed by atoms with Crippen LogP contribution < -0.4 is 17.2 Å². The lowest BCUT2D eigenvalue weighted by Gasteiger charge is -2.07. The molecule has 0 unspecified atom stereocenters. The molecule has 0 aliphatic heterocycles. The number of carbonyl (C=O) groups is 1.